The van der Waals surface area contributed by atoms with E-state index >= 15 is 0 Å². The van der Waals surface area contributed by atoms with Gasteiger partial charge in [-0.2, -0.15) is 0 Å². The number of nitrogens with zero attached hydrogens (tertiary/aromatic N) is 1. The van der Waals surface area contributed by atoms with Crippen LogP contribution in [-0.2, 0) is 0 Å². The van der Waals surface area contributed by atoms with Crippen LogP contribution in [0.15, 0.2) is 24.3 Å². The highest BCUT2D eigenvalue weighted by Gasteiger charge is 2.04. The molecule has 0 aromatic heterocycles. The van der Waals surface area contributed by atoms with Gasteiger partial charge in [-0.15, -0.1) is 0 Å². The second kappa shape index (κ2) is 9.41. The zero-order valence-corrected chi connectivity index (χ0v) is 12.7. The summed E-state index contributed by atoms with van der Waals surface area (Å²) in [6.45, 7) is 7.04. The van der Waals surface area contributed by atoms with Crippen molar-refractivity contribution in [3.63, 3.8) is 0 Å². The Morgan fingerprint density at radius 1 is 1.40 bits per heavy atom. The van der Waals surface area contributed by atoms with Crippen LogP contribution in [0.3, 0.4) is 0 Å². The molecule has 1 unspecified atom stereocenters. The Bertz CT molecular complexity index is 448. The highest BCUT2D eigenvalue weighted by molar-refractivity contribution is 5.39. The van der Waals surface area contributed by atoms with Gasteiger partial charge in [-0.25, -0.2) is 0 Å². The number of aliphatic hydroxyl groups is 1. The quantitative estimate of drug-likeness (QED) is 0.776. The molecule has 0 heterocycles. The van der Waals surface area contributed by atoms with Crippen LogP contribution in [0.1, 0.15) is 25.8 Å². The molecule has 3 nitrogen and oxygen atoms in total. The van der Waals surface area contributed by atoms with E-state index in [9.17, 15) is 0 Å². The van der Waals surface area contributed by atoms with Crippen LogP contribution in [0.5, 0.6) is 5.75 Å². The molecular formula is C17H25NO2. The van der Waals surface area contributed by atoms with Crippen LogP contribution in [0.2, 0.25) is 0 Å². The molecule has 1 aromatic rings. The second-order valence-electron chi connectivity index (χ2n) is 5.11. The Hall–Kier alpha value is -1.50. The maximum absolute atomic E-state index is 8.68. The summed E-state index contributed by atoms with van der Waals surface area (Å²) in [6, 6.07) is 7.65. The lowest BCUT2D eigenvalue weighted by Crippen LogP contribution is -2.28. The minimum Gasteiger partial charge on any atom is -0.492 e. The standard InChI is InChI=1S/C17H25NO2/c1-4-15(2)14-18(3)10-12-20-17-9-5-7-16(13-17)8-6-11-19/h5,7,9,13,15,19H,4,10-12,14H2,1-3H3. The first-order chi connectivity index (χ1) is 9.65. The number of rotatable bonds is 7. The third kappa shape index (κ3) is 6.60. The first-order valence-electron chi connectivity index (χ1n) is 7.16. The van der Waals surface area contributed by atoms with Gasteiger partial charge in [0.1, 0.15) is 19.0 Å². The predicted molar refractivity (Wildman–Crippen MR) is 82.9 cm³/mol. The molecular weight excluding hydrogens is 250 g/mol. The summed E-state index contributed by atoms with van der Waals surface area (Å²) in [6.07, 6.45) is 1.21. The molecule has 0 saturated heterocycles. The van der Waals surface area contributed by atoms with Gasteiger partial charge in [0.15, 0.2) is 0 Å². The van der Waals surface area contributed by atoms with Crippen LogP contribution in [0.25, 0.3) is 0 Å². The summed E-state index contributed by atoms with van der Waals surface area (Å²) in [5.74, 6) is 7.06. The Morgan fingerprint density at radius 2 is 2.20 bits per heavy atom. The van der Waals surface area contributed by atoms with Crippen molar-refractivity contribution in [3.05, 3.63) is 29.8 Å². The Kier molecular flexibility index (Phi) is 7.79. The third-order valence-electron chi connectivity index (χ3n) is 3.21. The van der Waals surface area contributed by atoms with Crippen molar-refractivity contribution in [1.29, 1.82) is 0 Å². The summed E-state index contributed by atoms with van der Waals surface area (Å²) in [4.78, 5) is 2.30. The van der Waals surface area contributed by atoms with E-state index in [0.717, 1.165) is 30.3 Å². The van der Waals surface area contributed by atoms with Crippen LogP contribution >= 0.6 is 0 Å². The van der Waals surface area contributed by atoms with Crippen molar-refractivity contribution in [2.75, 3.05) is 33.4 Å². The van der Waals surface area contributed by atoms with E-state index in [4.69, 9.17) is 9.84 Å². The van der Waals surface area contributed by atoms with Gasteiger partial charge in [-0.05, 0) is 31.2 Å². The molecule has 0 fully saturated rings. The smallest absolute Gasteiger partial charge is 0.120 e. The van der Waals surface area contributed by atoms with Crippen LogP contribution in [0.4, 0.5) is 0 Å². The predicted octanol–water partition coefficient (Wildman–Crippen LogP) is 2.39. The fourth-order valence-corrected chi connectivity index (χ4v) is 1.88. The summed E-state index contributed by atoms with van der Waals surface area (Å²) in [5.41, 5.74) is 0.865. The monoisotopic (exact) mass is 275 g/mol. The van der Waals surface area contributed by atoms with Crippen molar-refractivity contribution in [2.45, 2.75) is 20.3 Å². The maximum atomic E-state index is 8.68. The molecule has 3 heteroatoms. The molecule has 110 valence electrons. The van der Waals surface area contributed by atoms with E-state index in [0.29, 0.717) is 6.61 Å². The molecule has 0 amide bonds. The van der Waals surface area contributed by atoms with Gasteiger partial charge in [0.2, 0.25) is 0 Å². The molecule has 0 radical (unpaired) electrons. The molecule has 0 spiro atoms. The largest absolute Gasteiger partial charge is 0.492 e. The third-order valence-corrected chi connectivity index (χ3v) is 3.21. The summed E-state index contributed by atoms with van der Waals surface area (Å²) >= 11 is 0. The number of benzene rings is 1. The number of likely N-dealkylation sites (N-methyl/N-ethyl adjacent to an activating group) is 1. The zero-order valence-electron chi connectivity index (χ0n) is 12.7. The van der Waals surface area contributed by atoms with Crippen molar-refractivity contribution < 1.29 is 9.84 Å². The number of hydrogen-bond donors (Lipinski definition) is 1. The van der Waals surface area contributed by atoms with E-state index < -0.39 is 0 Å². The lowest BCUT2D eigenvalue weighted by molar-refractivity contribution is 0.217. The minimum atomic E-state index is -0.120. The van der Waals surface area contributed by atoms with Gasteiger partial charge in [-0.3, -0.25) is 0 Å². The second-order valence-corrected chi connectivity index (χ2v) is 5.11. The zero-order chi connectivity index (χ0) is 14.8. The van der Waals surface area contributed by atoms with Crippen LogP contribution in [-0.4, -0.2) is 43.4 Å². The first kappa shape index (κ1) is 16.6. The fourth-order valence-electron chi connectivity index (χ4n) is 1.88. The molecule has 1 rings (SSSR count). The Balaban J connectivity index is 2.38. The average Bonchev–Trinajstić information content (AvgIpc) is 2.45. The van der Waals surface area contributed by atoms with Crippen LogP contribution < -0.4 is 4.74 Å². The normalized spacial score (nSPS) is 11.8. The Morgan fingerprint density at radius 3 is 2.90 bits per heavy atom. The van der Waals surface area contributed by atoms with Crippen molar-refractivity contribution >= 4 is 0 Å². The highest BCUT2D eigenvalue weighted by Crippen LogP contribution is 2.12. The molecule has 1 aromatic carbocycles. The summed E-state index contributed by atoms with van der Waals surface area (Å²) in [7, 11) is 2.12. The SMILES string of the molecule is CCC(C)CN(C)CCOc1cccc(C#CCO)c1. The first-order valence-corrected chi connectivity index (χ1v) is 7.16. The molecule has 0 aliphatic heterocycles. The summed E-state index contributed by atoms with van der Waals surface area (Å²) in [5, 5.41) is 8.68. The van der Waals surface area contributed by atoms with Crippen molar-refractivity contribution in [2.24, 2.45) is 5.92 Å². The van der Waals surface area contributed by atoms with Crippen molar-refractivity contribution in [1.82, 2.24) is 4.90 Å². The van der Waals surface area contributed by atoms with E-state index in [2.05, 4.69) is 37.6 Å². The van der Waals surface area contributed by atoms with Gasteiger partial charge < -0.3 is 14.7 Å². The van der Waals surface area contributed by atoms with Gasteiger partial charge in [0, 0.05) is 18.7 Å². The molecule has 1 atom stereocenters. The molecule has 20 heavy (non-hydrogen) atoms. The number of ether oxygens (including phenoxy) is 1. The Labute approximate surface area is 122 Å². The highest BCUT2D eigenvalue weighted by atomic mass is 16.5. The van der Waals surface area contributed by atoms with Gasteiger partial charge in [0.25, 0.3) is 0 Å². The van der Waals surface area contributed by atoms with E-state index in [1.54, 1.807) is 0 Å². The molecule has 0 aliphatic rings. The molecule has 1 N–H and O–H groups in total. The van der Waals surface area contributed by atoms with Gasteiger partial charge >= 0.3 is 0 Å². The maximum Gasteiger partial charge on any atom is 0.120 e. The topological polar surface area (TPSA) is 32.7 Å². The number of hydrogen-bond acceptors (Lipinski definition) is 3. The molecule has 0 aliphatic carbocycles. The van der Waals surface area contributed by atoms with Crippen LogP contribution in [0, 0.1) is 17.8 Å². The lowest BCUT2D eigenvalue weighted by atomic mass is 10.1. The summed E-state index contributed by atoms with van der Waals surface area (Å²) < 4.78 is 5.74. The van der Waals surface area contributed by atoms with E-state index in [1.807, 2.05) is 24.3 Å². The average molecular weight is 275 g/mol. The van der Waals surface area contributed by atoms with Crippen molar-refractivity contribution in [3.8, 4) is 17.6 Å². The number of aliphatic hydroxyl groups excluding tert-OH is 1. The lowest BCUT2D eigenvalue weighted by Gasteiger charge is -2.20. The minimum absolute atomic E-state index is 0.120. The fraction of sp³-hybridized carbons (Fsp3) is 0.529. The molecule has 0 bridgehead atoms. The van der Waals surface area contributed by atoms with E-state index in [-0.39, 0.29) is 6.61 Å². The van der Waals surface area contributed by atoms with Gasteiger partial charge in [0.05, 0.1) is 0 Å². The van der Waals surface area contributed by atoms with Gasteiger partial charge in [-0.1, -0.05) is 38.2 Å². The van der Waals surface area contributed by atoms with E-state index in [1.165, 1.54) is 6.42 Å². The molecule has 0 saturated carbocycles.